The fourth-order valence-corrected chi connectivity index (χ4v) is 4.98. The molecule has 0 atom stereocenters. The maximum atomic E-state index is 5.52. The third kappa shape index (κ3) is 6.16. The molecule has 1 saturated heterocycles. The molecule has 2 rings (SSSR count). The fraction of sp³-hybridized carbons (Fsp3) is 0.941. The first kappa shape index (κ1) is 18.9. The monoisotopic (exact) mass is 343 g/mol. The summed E-state index contributed by atoms with van der Waals surface area (Å²) in [5, 5.41) is 3.46. The van der Waals surface area contributed by atoms with Crippen LogP contribution in [0.4, 0.5) is 0 Å². The van der Waals surface area contributed by atoms with Crippen LogP contribution in [0, 0.1) is 0 Å². The van der Waals surface area contributed by atoms with E-state index in [-0.39, 0.29) is 0 Å². The number of nitrogens with one attached hydrogen (secondary N) is 1. The molecule has 2 aliphatic rings. The minimum absolute atomic E-state index is 0.474. The summed E-state index contributed by atoms with van der Waals surface area (Å²) in [7, 11) is 1.69. The van der Waals surface area contributed by atoms with Crippen LogP contribution in [-0.2, 0) is 9.47 Å². The average Bonchev–Trinajstić information content (AvgIpc) is 2.58. The maximum absolute atomic E-state index is 5.52. The second kappa shape index (κ2) is 10.4. The molecule has 0 aromatic heterocycles. The summed E-state index contributed by atoms with van der Waals surface area (Å²) >= 11 is 2.20. The highest BCUT2D eigenvalue weighted by Crippen LogP contribution is 2.42. The Balaban J connectivity index is 1.85. The van der Waals surface area contributed by atoms with Crippen molar-refractivity contribution in [1.82, 2.24) is 10.2 Å². The van der Waals surface area contributed by atoms with Crippen molar-refractivity contribution in [2.75, 3.05) is 58.9 Å². The van der Waals surface area contributed by atoms with Crippen LogP contribution in [0.1, 0.15) is 39.0 Å². The normalized spacial score (nSPS) is 21.7. The lowest BCUT2D eigenvalue weighted by atomic mass is 9.87. The number of hydrogen-bond acceptors (Lipinski definition) is 4. The number of aliphatic imine (C=N–C) groups is 1. The molecule has 1 aliphatic heterocycles. The molecule has 2 fully saturated rings. The molecule has 0 unspecified atom stereocenters. The van der Waals surface area contributed by atoms with Gasteiger partial charge in [-0.3, -0.25) is 4.99 Å². The van der Waals surface area contributed by atoms with Crippen LogP contribution in [0.5, 0.6) is 0 Å². The van der Waals surface area contributed by atoms with Gasteiger partial charge in [0.15, 0.2) is 5.96 Å². The maximum Gasteiger partial charge on any atom is 0.194 e. The fourth-order valence-electron chi connectivity index (χ4n) is 3.41. The van der Waals surface area contributed by atoms with Crippen LogP contribution in [0.25, 0.3) is 0 Å². The highest BCUT2D eigenvalue weighted by atomic mass is 32.2. The highest BCUT2D eigenvalue weighted by Gasteiger charge is 2.38. The van der Waals surface area contributed by atoms with Gasteiger partial charge in [0, 0.05) is 37.2 Å². The zero-order valence-corrected chi connectivity index (χ0v) is 15.6. The first-order chi connectivity index (χ1) is 11.3. The minimum atomic E-state index is 0.474. The van der Waals surface area contributed by atoms with Crippen LogP contribution in [-0.4, -0.2) is 74.5 Å². The molecule has 1 saturated carbocycles. The van der Waals surface area contributed by atoms with E-state index in [1.54, 1.807) is 7.11 Å². The molecular formula is C17H33N3O2S. The molecule has 0 aromatic rings. The third-order valence-electron chi connectivity index (χ3n) is 4.58. The van der Waals surface area contributed by atoms with E-state index in [9.17, 15) is 0 Å². The molecule has 1 heterocycles. The average molecular weight is 344 g/mol. The molecule has 1 aliphatic carbocycles. The van der Waals surface area contributed by atoms with Crippen LogP contribution in [0.15, 0.2) is 4.99 Å². The number of rotatable bonds is 7. The van der Waals surface area contributed by atoms with Gasteiger partial charge >= 0.3 is 0 Å². The minimum Gasteiger partial charge on any atom is -0.382 e. The van der Waals surface area contributed by atoms with Gasteiger partial charge in [-0.2, -0.15) is 11.8 Å². The van der Waals surface area contributed by atoms with Gasteiger partial charge in [0.2, 0.25) is 0 Å². The van der Waals surface area contributed by atoms with E-state index < -0.39 is 0 Å². The highest BCUT2D eigenvalue weighted by molar-refractivity contribution is 8.00. The molecule has 5 nitrogen and oxygen atoms in total. The third-order valence-corrected chi connectivity index (χ3v) is 6.11. The van der Waals surface area contributed by atoms with Crippen molar-refractivity contribution in [2.45, 2.75) is 43.8 Å². The molecule has 6 heteroatoms. The van der Waals surface area contributed by atoms with Gasteiger partial charge < -0.3 is 19.7 Å². The van der Waals surface area contributed by atoms with Crippen molar-refractivity contribution in [2.24, 2.45) is 4.99 Å². The Bertz CT molecular complexity index is 354. The van der Waals surface area contributed by atoms with Gasteiger partial charge in [-0.05, 0) is 19.8 Å². The van der Waals surface area contributed by atoms with Gasteiger partial charge in [0.1, 0.15) is 0 Å². The summed E-state index contributed by atoms with van der Waals surface area (Å²) in [6.07, 6.45) is 6.93. The van der Waals surface area contributed by atoms with Crippen LogP contribution in [0.2, 0.25) is 0 Å². The lowest BCUT2D eigenvalue weighted by Gasteiger charge is -2.45. The van der Waals surface area contributed by atoms with E-state index in [0.717, 1.165) is 25.6 Å². The zero-order valence-electron chi connectivity index (χ0n) is 14.8. The predicted octanol–water partition coefficient (Wildman–Crippen LogP) is 2.37. The van der Waals surface area contributed by atoms with Crippen LogP contribution < -0.4 is 5.32 Å². The summed E-state index contributed by atoms with van der Waals surface area (Å²) in [6.45, 7) is 7.97. The van der Waals surface area contributed by atoms with E-state index >= 15 is 0 Å². The predicted molar refractivity (Wildman–Crippen MR) is 98.5 cm³/mol. The molecule has 23 heavy (non-hydrogen) atoms. The summed E-state index contributed by atoms with van der Waals surface area (Å²) in [4.78, 5) is 7.24. The van der Waals surface area contributed by atoms with Gasteiger partial charge in [-0.15, -0.1) is 0 Å². The van der Waals surface area contributed by atoms with Crippen molar-refractivity contribution >= 4 is 17.7 Å². The number of guanidine groups is 1. The number of methoxy groups -OCH3 is 1. The van der Waals surface area contributed by atoms with Crippen molar-refractivity contribution in [3.8, 4) is 0 Å². The van der Waals surface area contributed by atoms with Crippen molar-refractivity contribution < 1.29 is 9.47 Å². The standard InChI is InChI=1S/C17H33N3O2S/c1-3-18-16(19-9-11-22-13-12-21-2)20-10-14-23-17(15-20)7-5-4-6-8-17/h3-15H2,1-2H3,(H,18,19). The Labute approximate surface area is 145 Å². The van der Waals surface area contributed by atoms with E-state index in [1.807, 2.05) is 0 Å². The Morgan fingerprint density at radius 2 is 2.04 bits per heavy atom. The van der Waals surface area contributed by atoms with Gasteiger partial charge in [0.25, 0.3) is 0 Å². The summed E-state index contributed by atoms with van der Waals surface area (Å²) in [5.74, 6) is 2.28. The summed E-state index contributed by atoms with van der Waals surface area (Å²) < 4.78 is 11.0. The van der Waals surface area contributed by atoms with E-state index in [4.69, 9.17) is 14.5 Å². The second-order valence-electron chi connectivity index (χ2n) is 6.35. The summed E-state index contributed by atoms with van der Waals surface area (Å²) in [6, 6.07) is 0. The number of ether oxygens (including phenoxy) is 2. The first-order valence-electron chi connectivity index (χ1n) is 9.03. The summed E-state index contributed by atoms with van der Waals surface area (Å²) in [5.41, 5.74) is 0. The number of hydrogen-bond donors (Lipinski definition) is 1. The van der Waals surface area contributed by atoms with E-state index in [1.165, 1.54) is 37.9 Å². The first-order valence-corrected chi connectivity index (χ1v) is 10.0. The molecule has 1 N–H and O–H groups in total. The number of thioether (sulfide) groups is 1. The van der Waals surface area contributed by atoms with E-state index in [2.05, 4.69) is 28.9 Å². The number of nitrogens with zero attached hydrogens (tertiary/aromatic N) is 2. The van der Waals surface area contributed by atoms with Crippen molar-refractivity contribution in [3.63, 3.8) is 0 Å². The van der Waals surface area contributed by atoms with Gasteiger partial charge in [0.05, 0.1) is 26.4 Å². The Kier molecular flexibility index (Phi) is 8.55. The molecule has 0 bridgehead atoms. The topological polar surface area (TPSA) is 46.1 Å². The van der Waals surface area contributed by atoms with Crippen LogP contribution in [0.3, 0.4) is 0 Å². The Morgan fingerprint density at radius 1 is 1.22 bits per heavy atom. The van der Waals surface area contributed by atoms with Crippen molar-refractivity contribution in [1.29, 1.82) is 0 Å². The second-order valence-corrected chi connectivity index (χ2v) is 7.92. The molecular weight excluding hydrogens is 310 g/mol. The zero-order chi connectivity index (χ0) is 16.4. The lowest BCUT2D eigenvalue weighted by Crippen LogP contribution is -2.53. The Hall–Kier alpha value is -0.460. The molecule has 1 spiro atoms. The van der Waals surface area contributed by atoms with Crippen LogP contribution >= 0.6 is 11.8 Å². The van der Waals surface area contributed by atoms with E-state index in [0.29, 0.717) is 31.1 Å². The quantitative estimate of drug-likeness (QED) is 0.437. The molecule has 134 valence electrons. The SMILES string of the molecule is CCNC(=NCCOCCOC)N1CCSC2(CCCCC2)C1. The van der Waals surface area contributed by atoms with Crippen molar-refractivity contribution in [3.05, 3.63) is 0 Å². The largest absolute Gasteiger partial charge is 0.382 e. The Morgan fingerprint density at radius 3 is 2.78 bits per heavy atom. The molecule has 0 aromatic carbocycles. The lowest BCUT2D eigenvalue weighted by molar-refractivity contribution is 0.0747. The molecule has 0 radical (unpaired) electrons. The van der Waals surface area contributed by atoms with Gasteiger partial charge in [-0.1, -0.05) is 19.3 Å². The molecule has 0 amide bonds. The van der Waals surface area contributed by atoms with Gasteiger partial charge in [-0.25, -0.2) is 0 Å². The smallest absolute Gasteiger partial charge is 0.194 e.